The van der Waals surface area contributed by atoms with Crippen LogP contribution in [-0.2, 0) is 4.79 Å². The number of hydrogen-bond acceptors (Lipinski definition) is 3. The van der Waals surface area contributed by atoms with Crippen LogP contribution in [0.25, 0.3) is 0 Å². The summed E-state index contributed by atoms with van der Waals surface area (Å²) in [7, 11) is 0. The van der Waals surface area contributed by atoms with Crippen LogP contribution in [0.5, 0.6) is 5.75 Å². The van der Waals surface area contributed by atoms with E-state index in [1.54, 1.807) is 30.3 Å². The van der Waals surface area contributed by atoms with Crippen LogP contribution >= 0.6 is 0 Å². The number of carbonyl (C=O) groups excluding carboxylic acids is 2. The first kappa shape index (κ1) is 17.8. The van der Waals surface area contributed by atoms with Crippen molar-refractivity contribution in [2.45, 2.75) is 33.6 Å². The molecule has 5 nitrogen and oxygen atoms in total. The van der Waals surface area contributed by atoms with E-state index in [9.17, 15) is 9.59 Å². The molecule has 2 amide bonds. The predicted molar refractivity (Wildman–Crippen MR) is 88.0 cm³/mol. The molecule has 0 aromatic heterocycles. The number of rotatable bonds is 7. The van der Waals surface area contributed by atoms with Gasteiger partial charge in [-0.15, -0.1) is 6.58 Å². The minimum absolute atomic E-state index is 0.0531. The predicted octanol–water partition coefficient (Wildman–Crippen LogP) is 3.73. The number of anilines is 1. The van der Waals surface area contributed by atoms with E-state index in [4.69, 9.17) is 4.74 Å². The zero-order valence-corrected chi connectivity index (χ0v) is 13.4. The van der Waals surface area contributed by atoms with E-state index < -0.39 is 11.5 Å². The van der Waals surface area contributed by atoms with E-state index >= 15 is 0 Å². The van der Waals surface area contributed by atoms with Gasteiger partial charge in [-0.25, -0.2) is 4.79 Å². The molecule has 1 aromatic rings. The van der Waals surface area contributed by atoms with Gasteiger partial charge in [-0.3, -0.25) is 4.79 Å². The molecule has 0 spiro atoms. The van der Waals surface area contributed by atoms with Gasteiger partial charge in [0, 0.05) is 23.7 Å². The molecular weight excluding hydrogens is 280 g/mol. The molecule has 2 N–H and O–H groups in total. The van der Waals surface area contributed by atoms with Crippen molar-refractivity contribution in [1.29, 1.82) is 0 Å². The highest BCUT2D eigenvalue weighted by Gasteiger charge is 2.26. The lowest BCUT2D eigenvalue weighted by atomic mass is 9.87. The maximum absolute atomic E-state index is 12.3. The van der Waals surface area contributed by atoms with Gasteiger partial charge in [0.15, 0.2) is 0 Å². The highest BCUT2D eigenvalue weighted by atomic mass is 16.6. The first-order chi connectivity index (χ1) is 10.4. The summed E-state index contributed by atoms with van der Waals surface area (Å²) in [6.07, 6.45) is 2.74. The van der Waals surface area contributed by atoms with Crippen molar-refractivity contribution in [2.75, 3.05) is 11.9 Å². The van der Waals surface area contributed by atoms with E-state index in [0.29, 0.717) is 18.0 Å². The molecule has 0 aliphatic heterocycles. The van der Waals surface area contributed by atoms with E-state index in [2.05, 4.69) is 17.2 Å². The maximum atomic E-state index is 12.3. The number of amides is 2. The van der Waals surface area contributed by atoms with E-state index in [0.717, 1.165) is 12.8 Å². The standard InChI is InChI=1S/C17H24N2O3/c1-5-10-17(3,4)15(20)19-13-8-7-9-14(12-13)22-16(21)18-11-6-2/h6-9,12H,2,5,10-11H2,1,3-4H3,(H,18,21)(H,19,20). The Morgan fingerprint density at radius 2 is 2.09 bits per heavy atom. The Hall–Kier alpha value is -2.30. The van der Waals surface area contributed by atoms with E-state index in [1.807, 2.05) is 20.8 Å². The molecule has 120 valence electrons. The highest BCUT2D eigenvalue weighted by molar-refractivity contribution is 5.95. The first-order valence-corrected chi connectivity index (χ1v) is 7.37. The summed E-state index contributed by atoms with van der Waals surface area (Å²) < 4.78 is 5.12. The van der Waals surface area contributed by atoms with Gasteiger partial charge in [0.1, 0.15) is 5.75 Å². The second-order valence-corrected chi connectivity index (χ2v) is 5.67. The second kappa shape index (κ2) is 8.22. The molecule has 0 radical (unpaired) electrons. The summed E-state index contributed by atoms with van der Waals surface area (Å²) in [6, 6.07) is 6.75. The average molecular weight is 304 g/mol. The van der Waals surface area contributed by atoms with Crippen molar-refractivity contribution >= 4 is 17.7 Å². The van der Waals surface area contributed by atoms with Crippen molar-refractivity contribution in [3.8, 4) is 5.75 Å². The Morgan fingerprint density at radius 1 is 1.36 bits per heavy atom. The lowest BCUT2D eigenvalue weighted by Crippen LogP contribution is -2.30. The third kappa shape index (κ3) is 5.60. The van der Waals surface area contributed by atoms with Crippen LogP contribution in [0.1, 0.15) is 33.6 Å². The second-order valence-electron chi connectivity index (χ2n) is 5.67. The van der Waals surface area contributed by atoms with Crippen molar-refractivity contribution in [3.05, 3.63) is 36.9 Å². The molecule has 22 heavy (non-hydrogen) atoms. The van der Waals surface area contributed by atoms with Gasteiger partial charge in [-0.05, 0) is 18.6 Å². The molecule has 0 fully saturated rings. The third-order valence-corrected chi connectivity index (χ3v) is 3.18. The topological polar surface area (TPSA) is 67.4 Å². The molecule has 1 rings (SSSR count). The Labute approximate surface area is 131 Å². The summed E-state index contributed by atoms with van der Waals surface area (Å²) in [5.74, 6) is 0.315. The smallest absolute Gasteiger partial charge is 0.410 e. The van der Waals surface area contributed by atoms with Crippen molar-refractivity contribution in [3.63, 3.8) is 0 Å². The van der Waals surface area contributed by atoms with Crippen LogP contribution in [-0.4, -0.2) is 18.5 Å². The minimum atomic E-state index is -0.560. The molecule has 0 unspecified atom stereocenters. The number of hydrogen-bond donors (Lipinski definition) is 2. The molecule has 0 atom stereocenters. The summed E-state index contributed by atoms with van der Waals surface area (Å²) >= 11 is 0. The zero-order valence-electron chi connectivity index (χ0n) is 13.4. The molecule has 0 saturated heterocycles. The lowest BCUT2D eigenvalue weighted by molar-refractivity contribution is -0.124. The van der Waals surface area contributed by atoms with Crippen LogP contribution in [0, 0.1) is 5.41 Å². The summed E-state index contributed by atoms with van der Waals surface area (Å²) in [5, 5.41) is 5.37. The van der Waals surface area contributed by atoms with Gasteiger partial charge in [0.05, 0.1) is 0 Å². The molecule has 0 aliphatic carbocycles. The molecule has 5 heteroatoms. The van der Waals surface area contributed by atoms with Crippen molar-refractivity contribution in [2.24, 2.45) is 5.41 Å². The number of nitrogens with one attached hydrogen (secondary N) is 2. The van der Waals surface area contributed by atoms with Gasteiger partial charge in [-0.2, -0.15) is 0 Å². The van der Waals surface area contributed by atoms with E-state index in [-0.39, 0.29) is 5.91 Å². The SMILES string of the molecule is C=CCNC(=O)Oc1cccc(NC(=O)C(C)(C)CCC)c1. The van der Waals surface area contributed by atoms with Crippen molar-refractivity contribution < 1.29 is 14.3 Å². The van der Waals surface area contributed by atoms with Crippen LogP contribution in [0.4, 0.5) is 10.5 Å². The monoisotopic (exact) mass is 304 g/mol. The molecule has 0 bridgehead atoms. The zero-order chi connectivity index (χ0) is 16.6. The quantitative estimate of drug-likeness (QED) is 0.754. The lowest BCUT2D eigenvalue weighted by Gasteiger charge is -2.22. The molecule has 0 aliphatic rings. The Balaban J connectivity index is 2.70. The largest absolute Gasteiger partial charge is 0.412 e. The molecule has 1 aromatic carbocycles. The minimum Gasteiger partial charge on any atom is -0.410 e. The van der Waals surface area contributed by atoms with Crippen LogP contribution in [0.15, 0.2) is 36.9 Å². The van der Waals surface area contributed by atoms with E-state index in [1.165, 1.54) is 0 Å². The number of carbonyl (C=O) groups is 2. The maximum Gasteiger partial charge on any atom is 0.412 e. The third-order valence-electron chi connectivity index (χ3n) is 3.18. The van der Waals surface area contributed by atoms with Gasteiger partial charge in [-0.1, -0.05) is 39.3 Å². The number of ether oxygens (including phenoxy) is 1. The fourth-order valence-electron chi connectivity index (χ4n) is 1.97. The Morgan fingerprint density at radius 3 is 2.73 bits per heavy atom. The van der Waals surface area contributed by atoms with Gasteiger partial charge < -0.3 is 15.4 Å². The molecular formula is C17H24N2O3. The summed E-state index contributed by atoms with van der Waals surface area (Å²) in [4.78, 5) is 23.7. The summed E-state index contributed by atoms with van der Waals surface area (Å²) in [6.45, 7) is 9.71. The normalized spacial score (nSPS) is 10.7. The fraction of sp³-hybridized carbons (Fsp3) is 0.412. The number of benzene rings is 1. The first-order valence-electron chi connectivity index (χ1n) is 7.37. The van der Waals surface area contributed by atoms with Crippen molar-refractivity contribution in [1.82, 2.24) is 5.32 Å². The Bertz CT molecular complexity index is 538. The highest BCUT2D eigenvalue weighted by Crippen LogP contribution is 2.25. The van der Waals surface area contributed by atoms with Gasteiger partial charge in [0.2, 0.25) is 5.91 Å². The molecule has 0 saturated carbocycles. The summed E-state index contributed by atoms with van der Waals surface area (Å²) in [5.41, 5.74) is 0.163. The van der Waals surface area contributed by atoms with Gasteiger partial charge in [0.25, 0.3) is 0 Å². The fourth-order valence-corrected chi connectivity index (χ4v) is 1.97. The molecule has 0 heterocycles. The average Bonchev–Trinajstić information content (AvgIpc) is 2.45. The van der Waals surface area contributed by atoms with Crippen LogP contribution in [0.2, 0.25) is 0 Å². The van der Waals surface area contributed by atoms with Gasteiger partial charge >= 0.3 is 6.09 Å². The Kier molecular flexibility index (Phi) is 6.63. The van der Waals surface area contributed by atoms with Crippen LogP contribution < -0.4 is 15.4 Å². The van der Waals surface area contributed by atoms with Crippen LogP contribution in [0.3, 0.4) is 0 Å².